The number of rotatable bonds is 4. The molecule has 102 valence electrons. The molecule has 1 aliphatic heterocycles. The zero-order valence-electron chi connectivity index (χ0n) is 11.3. The molecule has 1 saturated heterocycles. The Morgan fingerprint density at radius 2 is 2.00 bits per heavy atom. The van der Waals surface area contributed by atoms with Crippen molar-refractivity contribution in [3.8, 4) is 0 Å². The molecule has 0 bridgehead atoms. The molecule has 2 rings (SSSR count). The molecule has 19 heavy (non-hydrogen) atoms. The van der Waals surface area contributed by atoms with E-state index in [-0.39, 0.29) is 6.04 Å². The molecule has 1 aliphatic rings. The molecule has 5 nitrogen and oxygen atoms in total. The Morgan fingerprint density at radius 3 is 2.63 bits per heavy atom. The summed E-state index contributed by atoms with van der Waals surface area (Å²) >= 11 is 0. The fraction of sp³-hybridized carbons (Fsp3) is 0.500. The number of amidine groups is 1. The first-order valence-electron chi connectivity index (χ1n) is 6.74. The minimum absolute atomic E-state index is 0.194. The van der Waals surface area contributed by atoms with Crippen LogP contribution in [0.1, 0.15) is 31.4 Å². The quantitative estimate of drug-likeness (QED) is 0.336. The third-order valence-corrected chi connectivity index (χ3v) is 3.54. The van der Waals surface area contributed by atoms with Gasteiger partial charge < -0.3 is 10.7 Å². The van der Waals surface area contributed by atoms with E-state index in [9.17, 15) is 0 Å². The first-order chi connectivity index (χ1) is 9.31. The Kier molecular flexibility index (Phi) is 5.03. The lowest BCUT2D eigenvalue weighted by atomic mass is 9.86. The van der Waals surface area contributed by atoms with Crippen molar-refractivity contribution in [1.29, 1.82) is 5.53 Å². The van der Waals surface area contributed by atoms with Crippen LogP contribution in [0.15, 0.2) is 40.5 Å². The number of hydrogen-bond donors (Lipinski definition) is 3. The molecule has 0 radical (unpaired) electrons. The number of piperidine rings is 1. The molecule has 1 aromatic rings. The van der Waals surface area contributed by atoms with Crippen LogP contribution in [0, 0.1) is 11.4 Å². The van der Waals surface area contributed by atoms with Crippen molar-refractivity contribution in [2.45, 2.75) is 25.8 Å². The van der Waals surface area contributed by atoms with E-state index in [0.717, 1.165) is 25.9 Å². The highest BCUT2D eigenvalue weighted by molar-refractivity contribution is 5.79. The second-order valence-corrected chi connectivity index (χ2v) is 4.88. The Labute approximate surface area is 114 Å². The summed E-state index contributed by atoms with van der Waals surface area (Å²) in [5, 5.41) is 10.9. The smallest absolute Gasteiger partial charge is 0.166 e. The van der Waals surface area contributed by atoms with E-state index >= 15 is 0 Å². The van der Waals surface area contributed by atoms with E-state index in [1.54, 1.807) is 6.92 Å². The van der Waals surface area contributed by atoms with Crippen LogP contribution in [0.4, 0.5) is 0 Å². The van der Waals surface area contributed by atoms with E-state index < -0.39 is 0 Å². The lowest BCUT2D eigenvalue weighted by Gasteiger charge is -2.30. The molecule has 1 atom stereocenters. The number of hydrazone groups is 1. The summed E-state index contributed by atoms with van der Waals surface area (Å²) in [4.78, 5) is 0. The Hall–Kier alpha value is -1.75. The van der Waals surface area contributed by atoms with Gasteiger partial charge in [0, 0.05) is 0 Å². The molecular weight excluding hydrogens is 238 g/mol. The molecular formula is C14H21N5. The van der Waals surface area contributed by atoms with Crippen molar-refractivity contribution in [2.75, 3.05) is 13.1 Å². The topological polar surface area (TPSA) is 72.6 Å². The van der Waals surface area contributed by atoms with Gasteiger partial charge in [0.05, 0.1) is 6.04 Å². The van der Waals surface area contributed by atoms with Crippen molar-refractivity contribution in [2.24, 2.45) is 16.1 Å². The lowest BCUT2D eigenvalue weighted by molar-refractivity contribution is 0.286. The van der Waals surface area contributed by atoms with Crippen LogP contribution in [0.2, 0.25) is 0 Å². The van der Waals surface area contributed by atoms with Crippen LogP contribution in [-0.2, 0) is 0 Å². The predicted molar refractivity (Wildman–Crippen MR) is 76.2 cm³/mol. The van der Waals surface area contributed by atoms with Gasteiger partial charge in [-0.1, -0.05) is 30.3 Å². The summed E-state index contributed by atoms with van der Waals surface area (Å²) in [5.74, 6) is 1.01. The zero-order valence-corrected chi connectivity index (χ0v) is 11.3. The molecule has 1 aromatic carbocycles. The highest BCUT2D eigenvalue weighted by Crippen LogP contribution is 2.28. The van der Waals surface area contributed by atoms with Gasteiger partial charge in [-0.15, -0.1) is 5.11 Å². The van der Waals surface area contributed by atoms with Gasteiger partial charge in [0.2, 0.25) is 0 Å². The molecule has 0 amide bonds. The van der Waals surface area contributed by atoms with Gasteiger partial charge >= 0.3 is 0 Å². The van der Waals surface area contributed by atoms with Crippen molar-refractivity contribution in [3.63, 3.8) is 0 Å². The summed E-state index contributed by atoms with van der Waals surface area (Å²) in [7, 11) is 0. The van der Waals surface area contributed by atoms with Gasteiger partial charge in [0.1, 0.15) is 0 Å². The van der Waals surface area contributed by atoms with Gasteiger partial charge in [-0.05, 0) is 44.3 Å². The average Bonchev–Trinajstić information content (AvgIpc) is 2.49. The summed E-state index contributed by atoms with van der Waals surface area (Å²) in [5.41, 5.74) is 11.4. The molecule has 1 fully saturated rings. The van der Waals surface area contributed by atoms with Crippen LogP contribution in [0.25, 0.3) is 0 Å². The fourth-order valence-corrected chi connectivity index (χ4v) is 2.48. The minimum Gasteiger partial charge on any atom is -0.317 e. The highest BCUT2D eigenvalue weighted by atomic mass is 15.3. The summed E-state index contributed by atoms with van der Waals surface area (Å²) in [6.45, 7) is 3.84. The normalized spacial score (nSPS) is 18.9. The lowest BCUT2D eigenvalue weighted by Crippen LogP contribution is -2.35. The van der Waals surface area contributed by atoms with Crippen LogP contribution in [-0.4, -0.2) is 18.9 Å². The zero-order chi connectivity index (χ0) is 13.5. The van der Waals surface area contributed by atoms with Gasteiger partial charge in [-0.2, -0.15) is 5.10 Å². The number of nitrogens with zero attached hydrogens (tertiary/aromatic N) is 2. The van der Waals surface area contributed by atoms with E-state index in [2.05, 4.69) is 45.2 Å². The summed E-state index contributed by atoms with van der Waals surface area (Å²) < 4.78 is 0. The first-order valence-corrected chi connectivity index (χ1v) is 6.74. The van der Waals surface area contributed by atoms with Crippen LogP contribution in [0.5, 0.6) is 0 Å². The molecule has 0 saturated carbocycles. The molecule has 1 heterocycles. The minimum atomic E-state index is 0.194. The van der Waals surface area contributed by atoms with Crippen molar-refractivity contribution in [3.05, 3.63) is 35.9 Å². The van der Waals surface area contributed by atoms with Crippen molar-refractivity contribution in [1.82, 2.24) is 10.7 Å². The monoisotopic (exact) mass is 259 g/mol. The maximum Gasteiger partial charge on any atom is 0.166 e. The van der Waals surface area contributed by atoms with Crippen LogP contribution in [0.3, 0.4) is 0 Å². The number of hydrogen-bond acceptors (Lipinski definition) is 4. The van der Waals surface area contributed by atoms with E-state index in [1.165, 1.54) is 5.56 Å². The third kappa shape index (κ3) is 3.86. The molecule has 3 N–H and O–H groups in total. The standard InChI is InChI=1S/C14H21N5/c1-11(17-15)18-19-14(12-5-3-2-4-6-12)13-7-9-16-10-8-13/h2-6,13-16,19H,7-10H2,1H3/b17-15?,18-11-. The van der Waals surface area contributed by atoms with Crippen molar-refractivity contribution < 1.29 is 0 Å². The van der Waals surface area contributed by atoms with Gasteiger partial charge in [-0.25, -0.2) is 5.53 Å². The number of nitrogens with one attached hydrogen (secondary N) is 3. The molecule has 0 spiro atoms. The largest absolute Gasteiger partial charge is 0.317 e. The van der Waals surface area contributed by atoms with Gasteiger partial charge in [0.25, 0.3) is 0 Å². The van der Waals surface area contributed by atoms with E-state index in [1.807, 2.05) is 6.07 Å². The summed E-state index contributed by atoms with van der Waals surface area (Å²) in [6, 6.07) is 10.6. The number of benzene rings is 1. The second-order valence-electron chi connectivity index (χ2n) is 4.88. The third-order valence-electron chi connectivity index (χ3n) is 3.54. The van der Waals surface area contributed by atoms with Gasteiger partial charge in [0.15, 0.2) is 5.84 Å². The summed E-state index contributed by atoms with van der Waals surface area (Å²) in [6.07, 6.45) is 2.28. The fourth-order valence-electron chi connectivity index (χ4n) is 2.48. The molecule has 0 aromatic heterocycles. The predicted octanol–water partition coefficient (Wildman–Crippen LogP) is 2.68. The Bertz CT molecular complexity index is 423. The average molecular weight is 259 g/mol. The second kappa shape index (κ2) is 6.99. The van der Waals surface area contributed by atoms with Crippen LogP contribution >= 0.6 is 0 Å². The first kappa shape index (κ1) is 13.7. The van der Waals surface area contributed by atoms with E-state index in [4.69, 9.17) is 5.53 Å². The van der Waals surface area contributed by atoms with Crippen LogP contribution < -0.4 is 10.7 Å². The molecule has 1 unspecified atom stereocenters. The highest BCUT2D eigenvalue weighted by Gasteiger charge is 2.24. The maximum atomic E-state index is 6.95. The Morgan fingerprint density at radius 1 is 1.32 bits per heavy atom. The maximum absolute atomic E-state index is 6.95. The van der Waals surface area contributed by atoms with E-state index in [0.29, 0.717) is 11.8 Å². The Balaban J connectivity index is 2.15. The molecule has 5 heteroatoms. The van der Waals surface area contributed by atoms with Crippen molar-refractivity contribution >= 4 is 5.84 Å². The molecule has 0 aliphatic carbocycles. The SMILES string of the molecule is C/C(N=N)=N/NC(c1ccccc1)C1CCNCC1. The van der Waals surface area contributed by atoms with Gasteiger partial charge in [-0.3, -0.25) is 0 Å².